The summed E-state index contributed by atoms with van der Waals surface area (Å²) in [5.74, 6) is 3.97. The van der Waals surface area contributed by atoms with E-state index in [-0.39, 0.29) is 5.41 Å². The SMILES string of the molecule is c1ccc(-c2nc3ccccc3n2-c2ccc(C3(c4ccc(N5c6ccccc6C(c6ccccc6)(c6ccccc6)c6ccccc65)cc4)C4CC5CC(C4)CC3C5)cc2)cc1. The van der Waals surface area contributed by atoms with Crippen molar-refractivity contribution in [1.82, 2.24) is 9.55 Å². The van der Waals surface area contributed by atoms with Crippen LogP contribution in [0.4, 0.5) is 17.1 Å². The zero-order valence-electron chi connectivity index (χ0n) is 35.4. The molecule has 9 aromatic rings. The molecule has 4 bridgehead atoms. The quantitative estimate of drug-likeness (QED) is 0.160. The molecule has 63 heavy (non-hydrogen) atoms. The minimum atomic E-state index is -0.479. The number of fused-ring (bicyclic) bond motifs is 3. The molecule has 0 radical (unpaired) electrons. The van der Waals surface area contributed by atoms with Crippen LogP contribution in [0.15, 0.2) is 212 Å². The van der Waals surface area contributed by atoms with Crippen molar-refractivity contribution in [1.29, 1.82) is 0 Å². The molecule has 3 heteroatoms. The smallest absolute Gasteiger partial charge is 0.145 e. The standard InChI is InChI=1S/C60H49N3/c1-4-16-43(17-5-1)58-61-54-24-12-15-27-57(54)63(58)51-34-30-47(31-35-51)59(48-37-41-36-42(39-48)40-49(59)38-41)46-28-32-50(33-29-46)62-55-25-13-10-22-52(55)60(44-18-6-2-7-19-44,45-20-8-3-9-21-45)53-23-11-14-26-56(53)62/h1-35,41-42,48-49H,36-40H2. The molecule has 0 saturated heterocycles. The van der Waals surface area contributed by atoms with Gasteiger partial charge in [-0.1, -0.05) is 164 Å². The van der Waals surface area contributed by atoms with E-state index in [1.165, 1.54) is 82.5 Å². The highest BCUT2D eigenvalue weighted by Gasteiger charge is 2.58. The van der Waals surface area contributed by atoms with Gasteiger partial charge >= 0.3 is 0 Å². The molecule has 3 nitrogen and oxygen atoms in total. The van der Waals surface area contributed by atoms with Crippen LogP contribution in [0.3, 0.4) is 0 Å². The van der Waals surface area contributed by atoms with Crippen molar-refractivity contribution >= 4 is 28.1 Å². The summed E-state index contributed by atoms with van der Waals surface area (Å²) in [6, 6.07) is 79.3. The van der Waals surface area contributed by atoms with Crippen LogP contribution in [0.25, 0.3) is 28.1 Å². The second-order valence-electron chi connectivity index (χ2n) is 18.7. The van der Waals surface area contributed by atoms with Crippen molar-refractivity contribution in [2.75, 3.05) is 4.90 Å². The van der Waals surface area contributed by atoms with Crippen LogP contribution in [0.2, 0.25) is 0 Å². The fraction of sp³-hybridized carbons (Fsp3) is 0.183. The first-order chi connectivity index (χ1) is 31.2. The molecule has 8 aromatic carbocycles. The maximum atomic E-state index is 5.17. The van der Waals surface area contributed by atoms with Crippen molar-refractivity contribution in [2.45, 2.75) is 42.9 Å². The monoisotopic (exact) mass is 811 g/mol. The molecule has 4 fully saturated rings. The van der Waals surface area contributed by atoms with E-state index in [9.17, 15) is 0 Å². The number of para-hydroxylation sites is 4. The third-order valence-electron chi connectivity index (χ3n) is 15.7. The van der Waals surface area contributed by atoms with Gasteiger partial charge in [-0.2, -0.15) is 0 Å². The molecule has 14 rings (SSSR count). The number of hydrogen-bond donors (Lipinski definition) is 0. The van der Waals surface area contributed by atoms with Crippen molar-refractivity contribution in [3.8, 4) is 17.1 Å². The highest BCUT2D eigenvalue weighted by molar-refractivity contribution is 5.89. The van der Waals surface area contributed by atoms with Crippen LogP contribution in [0.5, 0.6) is 0 Å². The Morgan fingerprint density at radius 2 is 0.857 bits per heavy atom. The van der Waals surface area contributed by atoms with Gasteiger partial charge in [0.2, 0.25) is 0 Å². The van der Waals surface area contributed by atoms with Crippen molar-refractivity contribution < 1.29 is 0 Å². The summed E-state index contributed by atoms with van der Waals surface area (Å²) >= 11 is 0. The van der Waals surface area contributed by atoms with Gasteiger partial charge in [-0.3, -0.25) is 4.57 Å². The molecule has 0 atom stereocenters. The lowest BCUT2D eigenvalue weighted by molar-refractivity contribution is -0.0418. The molecule has 1 aliphatic heterocycles. The molecule has 0 amide bonds. The van der Waals surface area contributed by atoms with E-state index in [1.54, 1.807) is 0 Å². The normalized spacial score (nSPS) is 22.8. The molecule has 1 aromatic heterocycles. The lowest BCUT2D eigenvalue weighted by Crippen LogP contribution is -2.56. The summed E-state index contributed by atoms with van der Waals surface area (Å²) in [7, 11) is 0. The van der Waals surface area contributed by atoms with Crippen molar-refractivity contribution in [3.63, 3.8) is 0 Å². The minimum Gasteiger partial charge on any atom is -0.310 e. The van der Waals surface area contributed by atoms with Gasteiger partial charge in [-0.15, -0.1) is 0 Å². The Morgan fingerprint density at radius 1 is 0.397 bits per heavy atom. The number of hydrogen-bond acceptors (Lipinski definition) is 2. The molecule has 0 N–H and O–H groups in total. The van der Waals surface area contributed by atoms with Gasteiger partial charge in [-0.05, 0) is 138 Å². The zero-order chi connectivity index (χ0) is 41.5. The Hall–Kier alpha value is -6.97. The fourth-order valence-electron chi connectivity index (χ4n) is 13.6. The fourth-order valence-corrected chi connectivity index (χ4v) is 13.6. The zero-order valence-corrected chi connectivity index (χ0v) is 35.4. The summed E-state index contributed by atoms with van der Waals surface area (Å²) in [6.07, 6.45) is 6.74. The molecular formula is C60H49N3. The van der Waals surface area contributed by atoms with E-state index in [1.807, 2.05) is 0 Å². The van der Waals surface area contributed by atoms with E-state index in [2.05, 4.69) is 222 Å². The van der Waals surface area contributed by atoms with Crippen LogP contribution >= 0.6 is 0 Å². The van der Waals surface area contributed by atoms with Crippen molar-refractivity contribution in [3.05, 3.63) is 246 Å². The molecule has 2 heterocycles. The summed E-state index contributed by atoms with van der Waals surface area (Å²) in [6.45, 7) is 0. The molecule has 4 aliphatic carbocycles. The second kappa shape index (κ2) is 14.3. The van der Waals surface area contributed by atoms with Crippen LogP contribution < -0.4 is 4.90 Å². The highest BCUT2D eigenvalue weighted by Crippen LogP contribution is 2.66. The third-order valence-corrected chi connectivity index (χ3v) is 15.7. The number of aromatic nitrogens is 2. The molecule has 0 spiro atoms. The number of nitrogens with zero attached hydrogens (tertiary/aromatic N) is 3. The van der Waals surface area contributed by atoms with E-state index < -0.39 is 5.41 Å². The van der Waals surface area contributed by atoms with Gasteiger partial charge in [0.25, 0.3) is 0 Å². The van der Waals surface area contributed by atoms with Gasteiger partial charge in [0.1, 0.15) is 5.82 Å². The summed E-state index contributed by atoms with van der Waals surface area (Å²) in [4.78, 5) is 7.69. The van der Waals surface area contributed by atoms with Crippen LogP contribution in [-0.4, -0.2) is 9.55 Å². The summed E-state index contributed by atoms with van der Waals surface area (Å²) < 4.78 is 2.35. The molecule has 5 aliphatic rings. The minimum absolute atomic E-state index is 0.0305. The predicted molar refractivity (Wildman–Crippen MR) is 257 cm³/mol. The van der Waals surface area contributed by atoms with Crippen molar-refractivity contribution in [2.24, 2.45) is 23.7 Å². The first-order valence-electron chi connectivity index (χ1n) is 23.1. The van der Waals surface area contributed by atoms with Gasteiger partial charge in [0.05, 0.1) is 27.8 Å². The van der Waals surface area contributed by atoms with Gasteiger partial charge < -0.3 is 4.90 Å². The predicted octanol–water partition coefficient (Wildman–Crippen LogP) is 14.6. The molecule has 304 valence electrons. The van der Waals surface area contributed by atoms with E-state index in [0.29, 0.717) is 11.8 Å². The molecule has 4 saturated carbocycles. The Balaban J connectivity index is 0.948. The number of anilines is 3. The Morgan fingerprint density at radius 3 is 1.41 bits per heavy atom. The number of rotatable bonds is 7. The first kappa shape index (κ1) is 36.7. The number of benzene rings is 8. The maximum Gasteiger partial charge on any atom is 0.145 e. The van der Waals surface area contributed by atoms with Crippen LogP contribution in [0, 0.1) is 23.7 Å². The number of imidazole rings is 1. The highest BCUT2D eigenvalue weighted by atomic mass is 15.2. The lowest BCUT2D eigenvalue weighted by atomic mass is 9.42. The van der Waals surface area contributed by atoms with Gasteiger partial charge in [-0.25, -0.2) is 4.98 Å². The Kier molecular flexibility index (Phi) is 8.32. The third kappa shape index (κ3) is 5.35. The lowest BCUT2D eigenvalue weighted by Gasteiger charge is -2.62. The van der Waals surface area contributed by atoms with E-state index in [4.69, 9.17) is 4.98 Å². The van der Waals surface area contributed by atoms with E-state index >= 15 is 0 Å². The molecular weight excluding hydrogens is 763 g/mol. The Bertz CT molecular complexity index is 3000. The Labute approximate surface area is 370 Å². The van der Waals surface area contributed by atoms with Crippen LogP contribution in [-0.2, 0) is 10.8 Å². The largest absolute Gasteiger partial charge is 0.310 e. The average molecular weight is 812 g/mol. The maximum absolute atomic E-state index is 5.17. The van der Waals surface area contributed by atoms with E-state index in [0.717, 1.165) is 39.9 Å². The molecule has 0 unspecified atom stereocenters. The van der Waals surface area contributed by atoms with Gasteiger partial charge in [0, 0.05) is 22.4 Å². The second-order valence-corrected chi connectivity index (χ2v) is 18.7. The van der Waals surface area contributed by atoms with Gasteiger partial charge in [0.15, 0.2) is 0 Å². The summed E-state index contributed by atoms with van der Waals surface area (Å²) in [5, 5.41) is 0. The first-order valence-corrected chi connectivity index (χ1v) is 23.1. The summed E-state index contributed by atoms with van der Waals surface area (Å²) in [5.41, 5.74) is 15.7. The topological polar surface area (TPSA) is 21.1 Å². The average Bonchev–Trinajstić information content (AvgIpc) is 3.74. The van der Waals surface area contributed by atoms with Crippen LogP contribution in [0.1, 0.15) is 65.5 Å².